The number of hydrogen-bond acceptors (Lipinski definition) is 11. The number of esters is 3. The molecule has 0 unspecified atom stereocenters. The van der Waals surface area contributed by atoms with Crippen LogP contribution in [0.25, 0.3) is 10.9 Å². The maximum absolute atomic E-state index is 13.6. The van der Waals surface area contributed by atoms with E-state index in [9.17, 15) is 22.8 Å². The highest BCUT2D eigenvalue weighted by atomic mass is 32.2. The van der Waals surface area contributed by atoms with Crippen molar-refractivity contribution in [3.63, 3.8) is 0 Å². The Labute approximate surface area is 278 Å². The molecule has 254 valence electrons. The third-order valence-corrected chi connectivity index (χ3v) is 9.33. The maximum atomic E-state index is 13.6. The van der Waals surface area contributed by atoms with Gasteiger partial charge >= 0.3 is 17.9 Å². The molecule has 0 spiro atoms. The normalized spacial score (nSPS) is 21.0. The van der Waals surface area contributed by atoms with Crippen molar-refractivity contribution < 1.29 is 51.2 Å². The fraction of sp³-hybridized carbons (Fsp3) is 0.343. The van der Waals surface area contributed by atoms with Crippen LogP contribution in [0, 0.1) is 0 Å². The predicted octanol–water partition coefficient (Wildman–Crippen LogP) is 4.17. The second kappa shape index (κ2) is 15.6. The largest absolute Gasteiger partial charge is 0.463 e. The molecule has 0 radical (unpaired) electrons. The molecule has 5 rings (SSSR count). The van der Waals surface area contributed by atoms with Crippen LogP contribution in [0.2, 0.25) is 0 Å². The first-order valence-electron chi connectivity index (χ1n) is 15.3. The lowest BCUT2D eigenvalue weighted by Crippen LogP contribution is -2.62. The minimum Gasteiger partial charge on any atom is -0.463 e. The van der Waals surface area contributed by atoms with Gasteiger partial charge in [-0.1, -0.05) is 66.7 Å². The molecule has 1 fully saturated rings. The first-order chi connectivity index (χ1) is 23.0. The van der Waals surface area contributed by atoms with E-state index in [1.807, 2.05) is 42.5 Å². The second-order valence-corrected chi connectivity index (χ2v) is 13.0. The summed E-state index contributed by atoms with van der Waals surface area (Å²) < 4.78 is 63.4. The Hall–Kier alpha value is -4.56. The van der Waals surface area contributed by atoms with Gasteiger partial charge in [0.05, 0.1) is 23.6 Å². The van der Waals surface area contributed by atoms with Crippen molar-refractivity contribution in [3.05, 3.63) is 102 Å². The number of carbonyl (C=O) groups is 3. The summed E-state index contributed by atoms with van der Waals surface area (Å²) in [7, 11) is -3.89. The molecule has 2 heterocycles. The van der Waals surface area contributed by atoms with Gasteiger partial charge in [-0.3, -0.25) is 14.4 Å². The monoisotopic (exact) mass is 679 g/mol. The molecule has 12 nitrogen and oxygen atoms in total. The molecule has 5 atom stereocenters. The summed E-state index contributed by atoms with van der Waals surface area (Å²) in [5, 5.41) is 0.716. The van der Waals surface area contributed by atoms with Gasteiger partial charge in [0.2, 0.25) is 0 Å². The molecule has 1 saturated heterocycles. The van der Waals surface area contributed by atoms with Gasteiger partial charge in [0, 0.05) is 32.4 Å². The van der Waals surface area contributed by atoms with E-state index in [2.05, 4.69) is 0 Å². The van der Waals surface area contributed by atoms with Gasteiger partial charge in [-0.2, -0.15) is 0 Å². The van der Waals surface area contributed by atoms with Crippen molar-refractivity contribution in [3.8, 4) is 0 Å². The average molecular weight is 680 g/mol. The van der Waals surface area contributed by atoms with Crippen LogP contribution < -0.4 is 0 Å². The molecule has 1 aromatic heterocycles. The van der Waals surface area contributed by atoms with Gasteiger partial charge in [-0.25, -0.2) is 12.4 Å². The topological polar surface area (TPSA) is 146 Å². The number of para-hydroxylation sites is 1. The lowest BCUT2D eigenvalue weighted by molar-refractivity contribution is -0.313. The highest BCUT2D eigenvalue weighted by Gasteiger charge is 2.51. The number of fused-ring (bicyclic) bond motifs is 1. The van der Waals surface area contributed by atoms with E-state index in [0.29, 0.717) is 16.5 Å². The number of ether oxygens (including phenoxy) is 6. The van der Waals surface area contributed by atoms with Gasteiger partial charge in [-0.15, -0.1) is 0 Å². The van der Waals surface area contributed by atoms with E-state index in [-0.39, 0.29) is 31.1 Å². The van der Waals surface area contributed by atoms with Gasteiger partial charge < -0.3 is 28.4 Å². The quantitative estimate of drug-likeness (QED) is 0.148. The molecule has 3 aromatic carbocycles. The lowest BCUT2D eigenvalue weighted by Gasteiger charge is -2.44. The van der Waals surface area contributed by atoms with Crippen molar-refractivity contribution in [1.82, 2.24) is 3.97 Å². The highest BCUT2D eigenvalue weighted by molar-refractivity contribution is 7.90. The fourth-order valence-corrected chi connectivity index (χ4v) is 6.97. The van der Waals surface area contributed by atoms with Crippen LogP contribution in [0.4, 0.5) is 0 Å². The molecule has 0 aliphatic carbocycles. The Morgan fingerprint density at radius 2 is 1.38 bits per heavy atom. The summed E-state index contributed by atoms with van der Waals surface area (Å²) in [5.41, 5.74) is 2.00. The zero-order valence-electron chi connectivity index (χ0n) is 26.7. The predicted molar refractivity (Wildman–Crippen MR) is 172 cm³/mol. The number of benzene rings is 3. The van der Waals surface area contributed by atoms with E-state index in [1.165, 1.54) is 36.9 Å². The molecule has 0 N–H and O–H groups in total. The molecule has 4 aromatic rings. The van der Waals surface area contributed by atoms with Crippen molar-refractivity contribution in [2.45, 2.75) is 69.4 Å². The number of nitrogens with zero attached hydrogens (tertiary/aromatic N) is 1. The molecule has 1 aliphatic heterocycles. The third kappa shape index (κ3) is 8.29. The first-order valence-corrected chi connectivity index (χ1v) is 16.8. The van der Waals surface area contributed by atoms with Crippen LogP contribution in [0.5, 0.6) is 0 Å². The Balaban J connectivity index is 1.42. The van der Waals surface area contributed by atoms with E-state index < -0.39 is 58.6 Å². The summed E-state index contributed by atoms with van der Waals surface area (Å²) in [6.45, 7) is 3.45. The molecule has 0 bridgehead atoms. The van der Waals surface area contributed by atoms with Crippen molar-refractivity contribution in [2.24, 2.45) is 0 Å². The fourth-order valence-electron chi connectivity index (χ4n) is 5.56. The Kier molecular flexibility index (Phi) is 11.3. The number of aromatic nitrogens is 1. The molecular weight excluding hydrogens is 642 g/mol. The lowest BCUT2D eigenvalue weighted by atomic mass is 9.98. The molecule has 13 heteroatoms. The maximum Gasteiger partial charge on any atom is 0.303 e. The average Bonchev–Trinajstić information content (AvgIpc) is 3.44. The van der Waals surface area contributed by atoms with Gasteiger partial charge in [0.15, 0.2) is 18.5 Å². The van der Waals surface area contributed by atoms with Gasteiger partial charge in [-0.05, 0) is 35.7 Å². The zero-order chi connectivity index (χ0) is 34.3. The Bertz CT molecular complexity index is 1830. The summed E-state index contributed by atoms with van der Waals surface area (Å²) >= 11 is 0. The summed E-state index contributed by atoms with van der Waals surface area (Å²) in [5.74, 6) is -1.88. The Morgan fingerprint density at radius 3 is 2.04 bits per heavy atom. The van der Waals surface area contributed by atoms with Crippen LogP contribution >= 0.6 is 0 Å². The third-order valence-electron chi connectivity index (χ3n) is 7.65. The SMILES string of the molecule is CC(=O)OC[C@H]1O[C@@H](OCCc2cn(S(=O)(=O)c3ccccc3)c3ccccc23)[C@H](OC(C)=O)[C@@H](OCc2ccccc2)[C@@H]1OC(C)=O. The van der Waals surface area contributed by atoms with Gasteiger partial charge in [0.1, 0.15) is 18.8 Å². The van der Waals surface area contributed by atoms with E-state index in [4.69, 9.17) is 28.4 Å². The minimum absolute atomic E-state index is 0.00570. The standard InChI is InChI=1S/C35H37NO11S/c1-23(37)43-22-31-32(45-24(2)38)33(44-21-26-12-6-4-7-13-26)34(46-25(3)39)35(47-31)42-19-18-27-20-36(30-17-11-10-16-29(27)30)48(40,41)28-14-8-5-9-15-28/h4-17,20,31-35H,18-19,21-22H2,1-3H3/t31-,32-,33+,34-,35-/m1/s1. The molecule has 0 saturated carbocycles. The molecular formula is C35H37NO11S. The minimum atomic E-state index is -3.89. The van der Waals surface area contributed by atoms with Crippen LogP contribution in [-0.2, 0) is 65.9 Å². The first kappa shape index (κ1) is 34.8. The summed E-state index contributed by atoms with van der Waals surface area (Å²) in [6.07, 6.45) is -3.85. The molecule has 1 aliphatic rings. The molecule has 0 amide bonds. The van der Waals surface area contributed by atoms with Crippen LogP contribution in [0.1, 0.15) is 31.9 Å². The summed E-state index contributed by atoms with van der Waals surface area (Å²) in [6, 6.07) is 24.5. The van der Waals surface area contributed by atoms with E-state index >= 15 is 0 Å². The number of hydrogen-bond donors (Lipinski definition) is 0. The van der Waals surface area contributed by atoms with Gasteiger partial charge in [0.25, 0.3) is 10.0 Å². The number of rotatable bonds is 13. The summed E-state index contributed by atoms with van der Waals surface area (Å²) in [4.78, 5) is 36.4. The Morgan fingerprint density at radius 1 is 0.750 bits per heavy atom. The van der Waals surface area contributed by atoms with E-state index in [1.54, 1.807) is 36.5 Å². The van der Waals surface area contributed by atoms with Crippen molar-refractivity contribution in [1.29, 1.82) is 0 Å². The van der Waals surface area contributed by atoms with Crippen LogP contribution in [0.3, 0.4) is 0 Å². The second-order valence-electron chi connectivity index (χ2n) is 11.2. The van der Waals surface area contributed by atoms with Crippen LogP contribution in [-0.4, -0.2) is 74.2 Å². The number of carbonyl (C=O) groups excluding carboxylic acids is 3. The highest BCUT2D eigenvalue weighted by Crippen LogP contribution is 2.31. The van der Waals surface area contributed by atoms with E-state index in [0.717, 1.165) is 5.56 Å². The zero-order valence-corrected chi connectivity index (χ0v) is 27.5. The smallest absolute Gasteiger partial charge is 0.303 e. The van der Waals surface area contributed by atoms with Crippen LogP contribution in [0.15, 0.2) is 96.0 Å². The van der Waals surface area contributed by atoms with Crippen molar-refractivity contribution in [2.75, 3.05) is 13.2 Å². The molecule has 48 heavy (non-hydrogen) atoms. The van der Waals surface area contributed by atoms with Crippen molar-refractivity contribution >= 4 is 38.8 Å².